The summed E-state index contributed by atoms with van der Waals surface area (Å²) in [7, 11) is 1.54. The fraction of sp³-hybridized carbons (Fsp3) is 0.158. The van der Waals surface area contributed by atoms with Crippen LogP contribution in [-0.2, 0) is 0 Å². The van der Waals surface area contributed by atoms with Gasteiger partial charge in [0.15, 0.2) is 5.82 Å². The van der Waals surface area contributed by atoms with E-state index < -0.39 is 0 Å². The molecule has 0 bridgehead atoms. The van der Waals surface area contributed by atoms with E-state index in [2.05, 4.69) is 25.9 Å². The van der Waals surface area contributed by atoms with Gasteiger partial charge in [0.05, 0.1) is 16.3 Å². The molecule has 2 aromatic heterocycles. The number of hydrogen-bond acceptors (Lipinski definition) is 6. The van der Waals surface area contributed by atoms with Gasteiger partial charge in [0.25, 0.3) is 11.8 Å². The summed E-state index contributed by atoms with van der Waals surface area (Å²) >= 11 is 1.40. The van der Waals surface area contributed by atoms with Gasteiger partial charge < -0.3 is 16.0 Å². The minimum Gasteiger partial charge on any atom is -0.355 e. The van der Waals surface area contributed by atoms with Crippen LogP contribution in [0.15, 0.2) is 41.9 Å². The lowest BCUT2D eigenvalue weighted by molar-refractivity contribution is 0.0961. The van der Waals surface area contributed by atoms with Gasteiger partial charge >= 0.3 is 0 Å². The number of carbonyl (C=O) groups is 2. The topological polar surface area (TPSA) is 96.0 Å². The predicted molar refractivity (Wildman–Crippen MR) is 107 cm³/mol. The van der Waals surface area contributed by atoms with Gasteiger partial charge in [0, 0.05) is 24.3 Å². The summed E-state index contributed by atoms with van der Waals surface area (Å²) in [5, 5.41) is 11.1. The summed E-state index contributed by atoms with van der Waals surface area (Å²) in [6, 6.07) is 9.32. The van der Waals surface area contributed by atoms with Crippen LogP contribution in [0.2, 0.25) is 0 Å². The van der Waals surface area contributed by atoms with Crippen LogP contribution in [0.3, 0.4) is 0 Å². The number of aryl methyl sites for hydroxylation is 2. The van der Waals surface area contributed by atoms with Crippen molar-refractivity contribution in [2.24, 2.45) is 0 Å². The van der Waals surface area contributed by atoms with Crippen LogP contribution in [0.5, 0.6) is 0 Å². The minimum atomic E-state index is -0.358. The molecular weight excluding hydrogens is 362 g/mol. The molecule has 27 heavy (non-hydrogen) atoms. The van der Waals surface area contributed by atoms with Crippen LogP contribution in [0.4, 0.5) is 17.2 Å². The van der Waals surface area contributed by atoms with Crippen molar-refractivity contribution in [3.05, 3.63) is 63.7 Å². The molecule has 8 heteroatoms. The first-order valence-corrected chi connectivity index (χ1v) is 9.14. The largest absolute Gasteiger partial charge is 0.355 e. The summed E-state index contributed by atoms with van der Waals surface area (Å²) in [5.74, 6) is -0.203. The Hall–Kier alpha value is -3.26. The van der Waals surface area contributed by atoms with E-state index in [0.29, 0.717) is 22.8 Å². The number of hydrogen-bond donors (Lipinski definition) is 3. The summed E-state index contributed by atoms with van der Waals surface area (Å²) in [6.45, 7) is 3.80. The van der Waals surface area contributed by atoms with E-state index in [9.17, 15) is 9.59 Å². The summed E-state index contributed by atoms with van der Waals surface area (Å²) in [6.07, 6.45) is 1.46. The van der Waals surface area contributed by atoms with Gasteiger partial charge in [-0.2, -0.15) is 0 Å². The molecule has 0 saturated heterocycles. The van der Waals surface area contributed by atoms with E-state index in [4.69, 9.17) is 0 Å². The first-order chi connectivity index (χ1) is 13.0. The Balaban J connectivity index is 1.95. The molecule has 0 aliphatic carbocycles. The smallest absolute Gasteiger partial charge is 0.275 e. The van der Waals surface area contributed by atoms with Crippen molar-refractivity contribution in [1.29, 1.82) is 0 Å². The second kappa shape index (κ2) is 7.96. The van der Waals surface area contributed by atoms with Gasteiger partial charge in [0.2, 0.25) is 0 Å². The Morgan fingerprint density at radius 3 is 2.52 bits per heavy atom. The number of nitrogens with one attached hydrogen (secondary N) is 3. The molecule has 2 amide bonds. The van der Waals surface area contributed by atoms with Crippen molar-refractivity contribution < 1.29 is 9.59 Å². The van der Waals surface area contributed by atoms with E-state index in [1.165, 1.54) is 24.6 Å². The maximum atomic E-state index is 12.5. The molecule has 0 aliphatic rings. The lowest BCUT2D eigenvalue weighted by atomic mass is 10.2. The Bertz CT molecular complexity index is 999. The second-order valence-electron chi connectivity index (χ2n) is 5.85. The van der Waals surface area contributed by atoms with Crippen LogP contribution >= 0.6 is 11.3 Å². The number of rotatable bonds is 5. The highest BCUT2D eigenvalue weighted by atomic mass is 32.1. The highest BCUT2D eigenvalue weighted by Crippen LogP contribution is 2.26. The molecule has 3 aromatic rings. The number of carbonyl (C=O) groups excluding carboxylic acids is 2. The van der Waals surface area contributed by atoms with Crippen molar-refractivity contribution in [1.82, 2.24) is 15.3 Å². The van der Waals surface area contributed by atoms with Gasteiger partial charge in [0.1, 0.15) is 5.69 Å². The molecule has 1 aromatic carbocycles. The Labute approximate surface area is 160 Å². The number of thiazole rings is 1. The maximum Gasteiger partial charge on any atom is 0.275 e. The Morgan fingerprint density at radius 1 is 1.07 bits per heavy atom. The zero-order valence-corrected chi connectivity index (χ0v) is 16.0. The van der Waals surface area contributed by atoms with Gasteiger partial charge in [-0.1, -0.05) is 18.2 Å². The third-order valence-corrected chi connectivity index (χ3v) is 4.65. The molecule has 0 spiro atoms. The van der Waals surface area contributed by atoms with E-state index in [1.54, 1.807) is 11.4 Å². The van der Waals surface area contributed by atoms with Crippen LogP contribution in [0, 0.1) is 13.8 Å². The molecule has 0 radical (unpaired) electrons. The lowest BCUT2D eigenvalue weighted by Crippen LogP contribution is -2.20. The van der Waals surface area contributed by atoms with E-state index in [1.807, 2.05) is 38.1 Å². The molecular formula is C19H19N5O2S. The molecule has 0 unspecified atom stereocenters. The first kappa shape index (κ1) is 18.5. The molecule has 3 N–H and O–H groups in total. The molecule has 3 rings (SSSR count). The molecule has 0 saturated carbocycles. The van der Waals surface area contributed by atoms with Gasteiger partial charge in [-0.3, -0.25) is 9.59 Å². The molecule has 138 valence electrons. The molecule has 0 fully saturated rings. The van der Waals surface area contributed by atoms with Crippen molar-refractivity contribution in [2.75, 3.05) is 17.7 Å². The highest BCUT2D eigenvalue weighted by molar-refractivity contribution is 7.09. The Kier molecular flexibility index (Phi) is 5.46. The summed E-state index contributed by atoms with van der Waals surface area (Å²) < 4.78 is 0. The van der Waals surface area contributed by atoms with Crippen molar-refractivity contribution >= 4 is 40.3 Å². The summed E-state index contributed by atoms with van der Waals surface area (Å²) in [4.78, 5) is 33.0. The van der Waals surface area contributed by atoms with Gasteiger partial charge in [-0.15, -0.1) is 11.3 Å². The van der Waals surface area contributed by atoms with Crippen molar-refractivity contribution in [2.45, 2.75) is 13.8 Å². The van der Waals surface area contributed by atoms with E-state index >= 15 is 0 Å². The summed E-state index contributed by atoms with van der Waals surface area (Å²) in [5.41, 5.74) is 2.96. The maximum absolute atomic E-state index is 12.5. The highest BCUT2D eigenvalue weighted by Gasteiger charge is 2.16. The third-order valence-electron chi connectivity index (χ3n) is 3.87. The number of para-hydroxylation sites is 1. The zero-order chi connectivity index (χ0) is 19.4. The van der Waals surface area contributed by atoms with E-state index in [0.717, 1.165) is 16.3 Å². The normalized spacial score (nSPS) is 10.3. The molecule has 2 heterocycles. The lowest BCUT2D eigenvalue weighted by Gasteiger charge is -2.14. The van der Waals surface area contributed by atoms with Crippen LogP contribution in [0.1, 0.15) is 31.4 Å². The van der Waals surface area contributed by atoms with Crippen LogP contribution < -0.4 is 16.0 Å². The number of amides is 2. The fourth-order valence-electron chi connectivity index (χ4n) is 2.42. The average Bonchev–Trinajstić information content (AvgIpc) is 3.10. The second-order valence-corrected chi connectivity index (χ2v) is 6.91. The van der Waals surface area contributed by atoms with Crippen LogP contribution in [-0.4, -0.2) is 28.8 Å². The fourth-order valence-corrected chi connectivity index (χ4v) is 3.02. The number of pyridine rings is 1. The first-order valence-electron chi connectivity index (χ1n) is 8.26. The number of benzene rings is 1. The molecule has 0 atom stereocenters. The molecule has 0 aliphatic heterocycles. The van der Waals surface area contributed by atoms with E-state index in [-0.39, 0.29) is 11.8 Å². The average molecular weight is 381 g/mol. The minimum absolute atomic E-state index is 0.287. The zero-order valence-electron chi connectivity index (χ0n) is 15.2. The number of aromatic nitrogens is 2. The molecule has 7 nitrogen and oxygen atoms in total. The monoisotopic (exact) mass is 381 g/mol. The van der Waals surface area contributed by atoms with Gasteiger partial charge in [-0.25, -0.2) is 9.97 Å². The number of anilines is 3. The van der Waals surface area contributed by atoms with Crippen molar-refractivity contribution in [3.8, 4) is 0 Å². The van der Waals surface area contributed by atoms with Crippen molar-refractivity contribution in [3.63, 3.8) is 0 Å². The quantitative estimate of drug-likeness (QED) is 0.628. The third kappa shape index (κ3) is 4.29. The van der Waals surface area contributed by atoms with Gasteiger partial charge in [-0.05, 0) is 31.5 Å². The number of nitrogens with zero attached hydrogens (tertiary/aromatic N) is 2. The predicted octanol–water partition coefficient (Wildman–Crippen LogP) is 3.51. The van der Waals surface area contributed by atoms with Crippen LogP contribution in [0.25, 0.3) is 0 Å². The Morgan fingerprint density at radius 2 is 1.85 bits per heavy atom. The SMILES string of the molecule is CNC(=O)c1cnc(Nc2ccccc2C)c(NC(=O)c2csc(C)n2)c1. The standard InChI is InChI=1S/C19H19N5O2S/c1-11-6-4-5-7-14(11)23-17-15(8-13(9-21-17)18(25)20-3)24-19(26)16-10-27-12(2)22-16/h4-10H,1-3H3,(H,20,25)(H,21,23)(H,24,26).